The fourth-order valence-corrected chi connectivity index (χ4v) is 2.74. The largest absolute Gasteiger partial charge is 0.394 e. The molecule has 5 nitrogen and oxygen atoms in total. The predicted octanol–water partition coefficient (Wildman–Crippen LogP) is 3.31. The summed E-state index contributed by atoms with van der Waals surface area (Å²) in [6.45, 7) is 3.89. The van der Waals surface area contributed by atoms with Crippen LogP contribution in [-0.2, 0) is 4.84 Å². The Morgan fingerprint density at radius 3 is 2.65 bits per heavy atom. The van der Waals surface area contributed by atoms with Crippen molar-refractivity contribution in [2.24, 2.45) is 0 Å². The molecule has 0 atom stereocenters. The number of aliphatic hydroxyl groups is 1. The van der Waals surface area contributed by atoms with Gasteiger partial charge in [0, 0.05) is 9.26 Å². The van der Waals surface area contributed by atoms with Gasteiger partial charge in [0.15, 0.2) is 0 Å². The van der Waals surface area contributed by atoms with Crippen LogP contribution in [0.25, 0.3) is 0 Å². The molecule has 0 saturated heterocycles. The smallest absolute Gasteiger partial charge is 0.276 e. The number of amides is 1. The van der Waals surface area contributed by atoms with Crippen LogP contribution in [0.4, 0.5) is 11.4 Å². The number of carbonyl (C=O) groups excluding carboxylic acids is 1. The lowest BCUT2D eigenvalue weighted by molar-refractivity contribution is 0.0169. The summed E-state index contributed by atoms with van der Waals surface area (Å²) in [5.74, 6) is -0.357. The molecule has 3 N–H and O–H groups in total. The Kier molecular flexibility index (Phi) is 6.37. The summed E-state index contributed by atoms with van der Waals surface area (Å²) in [5.41, 5.74) is 6.60. The molecule has 0 spiro atoms. The van der Waals surface area contributed by atoms with E-state index in [0.717, 1.165) is 20.4 Å². The van der Waals surface area contributed by atoms with Crippen molar-refractivity contribution in [2.75, 3.05) is 18.5 Å². The Morgan fingerprint density at radius 1 is 1.17 bits per heavy atom. The van der Waals surface area contributed by atoms with Gasteiger partial charge in [-0.2, -0.15) is 0 Å². The van der Waals surface area contributed by atoms with Crippen LogP contribution in [0.1, 0.15) is 21.5 Å². The highest BCUT2D eigenvalue weighted by atomic mass is 127. The monoisotopic (exact) mass is 426 g/mol. The molecule has 23 heavy (non-hydrogen) atoms. The number of halogens is 1. The summed E-state index contributed by atoms with van der Waals surface area (Å²) in [6.07, 6.45) is 0. The number of aliphatic hydroxyl groups excluding tert-OH is 1. The third-order valence-electron chi connectivity index (χ3n) is 3.24. The topological polar surface area (TPSA) is 70.6 Å². The van der Waals surface area contributed by atoms with Gasteiger partial charge in [0.2, 0.25) is 0 Å². The lowest BCUT2D eigenvalue weighted by Gasteiger charge is -2.15. The summed E-state index contributed by atoms with van der Waals surface area (Å²) >= 11 is 2.27. The third kappa shape index (κ3) is 4.92. The number of aryl methyl sites for hydroxylation is 2. The molecule has 0 fully saturated rings. The highest BCUT2D eigenvalue weighted by Gasteiger charge is 2.13. The van der Waals surface area contributed by atoms with Crippen LogP contribution < -0.4 is 10.8 Å². The highest BCUT2D eigenvalue weighted by molar-refractivity contribution is 14.1. The zero-order valence-corrected chi connectivity index (χ0v) is 15.2. The van der Waals surface area contributed by atoms with E-state index in [9.17, 15) is 4.79 Å². The summed E-state index contributed by atoms with van der Waals surface area (Å²) in [5, 5.41) is 12.0. The lowest BCUT2D eigenvalue weighted by atomic mass is 10.1. The van der Waals surface area contributed by atoms with Crippen molar-refractivity contribution >= 4 is 39.9 Å². The molecular weight excluding hydrogens is 407 g/mol. The Labute approximate surface area is 149 Å². The van der Waals surface area contributed by atoms with Gasteiger partial charge in [-0.15, -0.1) is 0 Å². The first-order chi connectivity index (χ1) is 11.0. The van der Waals surface area contributed by atoms with Gasteiger partial charge >= 0.3 is 0 Å². The first kappa shape index (κ1) is 17.7. The van der Waals surface area contributed by atoms with Crippen molar-refractivity contribution in [3.8, 4) is 0 Å². The average molecular weight is 426 g/mol. The van der Waals surface area contributed by atoms with Crippen LogP contribution in [-0.4, -0.2) is 24.2 Å². The Balaban J connectivity index is 2.26. The van der Waals surface area contributed by atoms with Gasteiger partial charge in [0.1, 0.15) is 0 Å². The minimum Gasteiger partial charge on any atom is -0.394 e. The van der Waals surface area contributed by atoms with Gasteiger partial charge in [0.25, 0.3) is 5.91 Å². The highest BCUT2D eigenvalue weighted by Crippen LogP contribution is 2.26. The second kappa shape index (κ2) is 8.28. The Hall–Kier alpha value is -1.64. The molecule has 0 saturated carbocycles. The molecular formula is C17H19IN2O3. The van der Waals surface area contributed by atoms with Crippen LogP contribution in [0.3, 0.4) is 0 Å². The van der Waals surface area contributed by atoms with Crippen molar-refractivity contribution in [2.45, 2.75) is 13.8 Å². The van der Waals surface area contributed by atoms with Gasteiger partial charge in [-0.05, 0) is 77.9 Å². The van der Waals surface area contributed by atoms with Gasteiger partial charge in [-0.1, -0.05) is 6.07 Å². The molecule has 0 aliphatic carbocycles. The van der Waals surface area contributed by atoms with Gasteiger partial charge in [-0.3, -0.25) is 9.63 Å². The van der Waals surface area contributed by atoms with Gasteiger partial charge in [-0.25, -0.2) is 5.48 Å². The molecule has 0 unspecified atom stereocenters. The van der Waals surface area contributed by atoms with E-state index in [4.69, 9.17) is 9.94 Å². The minimum atomic E-state index is -0.357. The molecule has 0 heterocycles. The molecule has 2 aromatic carbocycles. The molecule has 0 aromatic heterocycles. The van der Waals surface area contributed by atoms with Crippen LogP contribution in [0.15, 0.2) is 36.4 Å². The normalized spacial score (nSPS) is 10.4. The van der Waals surface area contributed by atoms with E-state index in [2.05, 4.69) is 39.5 Å². The van der Waals surface area contributed by atoms with Crippen LogP contribution in [0, 0.1) is 17.4 Å². The van der Waals surface area contributed by atoms with E-state index in [0.29, 0.717) is 11.3 Å². The summed E-state index contributed by atoms with van der Waals surface area (Å²) in [4.78, 5) is 17.1. The van der Waals surface area contributed by atoms with E-state index >= 15 is 0 Å². The number of hydroxylamine groups is 1. The van der Waals surface area contributed by atoms with Crippen molar-refractivity contribution in [3.63, 3.8) is 0 Å². The van der Waals surface area contributed by atoms with Crippen molar-refractivity contribution < 1.29 is 14.7 Å². The SMILES string of the molecule is Cc1ccc(C(=O)NOCCO)c(Nc2ccc(I)cc2C)c1. The zero-order valence-electron chi connectivity index (χ0n) is 13.0. The van der Waals surface area contributed by atoms with E-state index in [1.54, 1.807) is 6.07 Å². The summed E-state index contributed by atoms with van der Waals surface area (Å²) in [6, 6.07) is 11.6. The number of nitrogens with one attached hydrogen (secondary N) is 2. The molecule has 2 aromatic rings. The first-order valence-corrected chi connectivity index (χ1v) is 8.26. The van der Waals surface area contributed by atoms with Crippen LogP contribution in [0.2, 0.25) is 0 Å². The van der Waals surface area contributed by atoms with Crippen LogP contribution >= 0.6 is 22.6 Å². The second-order valence-electron chi connectivity index (χ2n) is 5.14. The Bertz CT molecular complexity index is 704. The number of benzene rings is 2. The number of hydrogen-bond donors (Lipinski definition) is 3. The summed E-state index contributed by atoms with van der Waals surface area (Å²) in [7, 11) is 0. The quantitative estimate of drug-likeness (QED) is 0.377. The van der Waals surface area contributed by atoms with Crippen LogP contribution in [0.5, 0.6) is 0 Å². The minimum absolute atomic E-state index is 0.0522. The van der Waals surface area contributed by atoms with Gasteiger partial charge in [0.05, 0.1) is 24.5 Å². The molecule has 2 rings (SSSR count). The fraction of sp³-hybridized carbons (Fsp3) is 0.235. The maximum Gasteiger partial charge on any atom is 0.276 e. The van der Waals surface area contributed by atoms with E-state index in [1.165, 1.54) is 0 Å². The maximum atomic E-state index is 12.2. The zero-order chi connectivity index (χ0) is 16.8. The van der Waals surface area contributed by atoms with Gasteiger partial charge < -0.3 is 10.4 Å². The third-order valence-corrected chi connectivity index (χ3v) is 3.91. The number of hydrogen-bond acceptors (Lipinski definition) is 4. The molecule has 0 aliphatic rings. The number of rotatable bonds is 6. The standard InChI is InChI=1S/C17H19IN2O3/c1-11-3-5-14(17(22)20-23-8-7-21)16(9-11)19-15-6-4-13(18)10-12(15)2/h3-6,9-10,19,21H,7-8H2,1-2H3,(H,20,22). The second-order valence-corrected chi connectivity index (χ2v) is 6.38. The van der Waals surface area contributed by atoms with Crippen molar-refractivity contribution in [1.29, 1.82) is 0 Å². The molecule has 0 aliphatic heterocycles. The Morgan fingerprint density at radius 2 is 1.96 bits per heavy atom. The van der Waals surface area contributed by atoms with E-state index < -0.39 is 0 Å². The molecule has 122 valence electrons. The molecule has 0 radical (unpaired) electrons. The summed E-state index contributed by atoms with van der Waals surface area (Å²) < 4.78 is 1.16. The average Bonchev–Trinajstić information content (AvgIpc) is 2.50. The molecule has 6 heteroatoms. The number of anilines is 2. The molecule has 0 bridgehead atoms. The maximum absolute atomic E-state index is 12.2. The lowest BCUT2D eigenvalue weighted by Crippen LogP contribution is -2.25. The van der Waals surface area contributed by atoms with Crippen molar-refractivity contribution in [3.05, 3.63) is 56.7 Å². The van der Waals surface area contributed by atoms with E-state index in [1.807, 2.05) is 38.1 Å². The van der Waals surface area contributed by atoms with Crippen molar-refractivity contribution in [1.82, 2.24) is 5.48 Å². The fourth-order valence-electron chi connectivity index (χ4n) is 2.09. The first-order valence-electron chi connectivity index (χ1n) is 7.18. The van der Waals surface area contributed by atoms with E-state index in [-0.39, 0.29) is 19.1 Å². The predicted molar refractivity (Wildman–Crippen MR) is 98.9 cm³/mol. The number of carbonyl (C=O) groups is 1. The molecule has 1 amide bonds.